The fraction of sp³-hybridized carbons (Fsp3) is 0. The summed E-state index contributed by atoms with van der Waals surface area (Å²) < 4.78 is 1.72. The number of hydrogen-bond acceptors (Lipinski definition) is 3. The van der Waals surface area contributed by atoms with Crippen LogP contribution in [0.1, 0.15) is 0 Å². The Kier molecular flexibility index (Phi) is 1.51. The van der Waals surface area contributed by atoms with Crippen molar-refractivity contribution in [3.63, 3.8) is 0 Å². The van der Waals surface area contributed by atoms with E-state index in [0.29, 0.717) is 5.95 Å². The van der Waals surface area contributed by atoms with Crippen LogP contribution in [-0.2, 0) is 0 Å². The largest absolute Gasteiger partial charge is 0.369 e. The second kappa shape index (κ2) is 2.65. The topological polar surface area (TPSA) is 56.7 Å². The lowest BCUT2D eigenvalue weighted by Gasteiger charge is -2.00. The highest BCUT2D eigenvalue weighted by Gasteiger charge is 1.99. The summed E-state index contributed by atoms with van der Waals surface area (Å²) in [4.78, 5) is 8.02. The molecule has 12 heavy (non-hydrogen) atoms. The van der Waals surface area contributed by atoms with E-state index < -0.39 is 0 Å². The first-order chi connectivity index (χ1) is 5.88. The van der Waals surface area contributed by atoms with Gasteiger partial charge in [0.25, 0.3) is 0 Å². The van der Waals surface area contributed by atoms with Gasteiger partial charge >= 0.3 is 0 Å². The van der Waals surface area contributed by atoms with Crippen molar-refractivity contribution in [1.29, 1.82) is 0 Å². The Labute approximate surface area is 69.7 Å². The van der Waals surface area contributed by atoms with E-state index in [-0.39, 0.29) is 0 Å². The monoisotopic (exact) mass is 160 g/mol. The Morgan fingerprint density at radius 3 is 2.67 bits per heavy atom. The fourth-order valence-corrected chi connectivity index (χ4v) is 1.00. The number of pyridine rings is 1. The Bertz CT molecular complexity index is 366. The fourth-order valence-electron chi connectivity index (χ4n) is 1.00. The highest BCUT2D eigenvalue weighted by Crippen LogP contribution is 2.07. The van der Waals surface area contributed by atoms with Crippen LogP contribution in [0.3, 0.4) is 0 Å². The molecule has 0 aliphatic rings. The summed E-state index contributed by atoms with van der Waals surface area (Å²) in [5.74, 6) is 1.24. The lowest BCUT2D eigenvalue weighted by molar-refractivity contribution is 1.01. The van der Waals surface area contributed by atoms with E-state index in [1.807, 2.05) is 18.2 Å². The average Bonchev–Trinajstić information content (AvgIpc) is 2.53. The first-order valence-electron chi connectivity index (χ1n) is 3.58. The number of nitrogens with two attached hydrogens (primary N) is 1. The van der Waals surface area contributed by atoms with E-state index in [0.717, 1.165) is 5.82 Å². The molecule has 0 spiro atoms. The van der Waals surface area contributed by atoms with Gasteiger partial charge in [-0.3, -0.25) is 4.57 Å². The molecule has 0 aromatic carbocycles. The van der Waals surface area contributed by atoms with Gasteiger partial charge in [0.2, 0.25) is 5.95 Å². The minimum Gasteiger partial charge on any atom is -0.369 e. The number of hydrogen-bond donors (Lipinski definition) is 1. The molecule has 0 radical (unpaired) electrons. The van der Waals surface area contributed by atoms with Crippen LogP contribution in [0.2, 0.25) is 0 Å². The van der Waals surface area contributed by atoms with E-state index >= 15 is 0 Å². The molecule has 2 heterocycles. The normalized spacial score (nSPS) is 10.0. The Balaban J connectivity index is 2.51. The van der Waals surface area contributed by atoms with E-state index in [2.05, 4.69) is 9.97 Å². The zero-order chi connectivity index (χ0) is 8.39. The molecule has 0 aliphatic carbocycles. The van der Waals surface area contributed by atoms with Crippen molar-refractivity contribution < 1.29 is 0 Å². The minimum atomic E-state index is 0.453. The van der Waals surface area contributed by atoms with E-state index in [1.54, 1.807) is 23.2 Å². The minimum absolute atomic E-state index is 0.453. The molecule has 2 rings (SSSR count). The van der Waals surface area contributed by atoms with Gasteiger partial charge in [-0.15, -0.1) is 0 Å². The Morgan fingerprint density at radius 2 is 2.08 bits per heavy atom. The lowest BCUT2D eigenvalue weighted by atomic mass is 10.4. The first kappa shape index (κ1) is 6.84. The van der Waals surface area contributed by atoms with Crippen molar-refractivity contribution in [2.24, 2.45) is 0 Å². The molecule has 2 aromatic heterocycles. The van der Waals surface area contributed by atoms with E-state index in [1.165, 1.54) is 0 Å². The second-order valence-electron chi connectivity index (χ2n) is 2.34. The van der Waals surface area contributed by atoms with Crippen molar-refractivity contribution in [2.45, 2.75) is 0 Å². The molecular weight excluding hydrogens is 152 g/mol. The lowest BCUT2D eigenvalue weighted by Crippen LogP contribution is -2.00. The maximum atomic E-state index is 5.58. The Morgan fingerprint density at radius 1 is 1.17 bits per heavy atom. The summed E-state index contributed by atoms with van der Waals surface area (Å²) in [6, 6.07) is 5.64. The summed E-state index contributed by atoms with van der Waals surface area (Å²) in [6.45, 7) is 0. The van der Waals surface area contributed by atoms with Crippen molar-refractivity contribution in [2.75, 3.05) is 5.73 Å². The highest BCUT2D eigenvalue weighted by molar-refractivity contribution is 5.32. The molecule has 2 aromatic rings. The summed E-state index contributed by atoms with van der Waals surface area (Å²) in [5.41, 5.74) is 5.58. The second-order valence-corrected chi connectivity index (χ2v) is 2.34. The quantitative estimate of drug-likeness (QED) is 0.672. The molecule has 2 N–H and O–H groups in total. The molecule has 0 fully saturated rings. The summed E-state index contributed by atoms with van der Waals surface area (Å²) in [6.07, 6.45) is 5.14. The average molecular weight is 160 g/mol. The molecule has 4 nitrogen and oxygen atoms in total. The number of nitrogen functional groups attached to an aromatic ring is 1. The maximum Gasteiger partial charge on any atom is 0.206 e. The molecule has 0 amide bonds. The van der Waals surface area contributed by atoms with Crippen LogP contribution in [0.15, 0.2) is 36.8 Å². The predicted octanol–water partition coefficient (Wildman–Crippen LogP) is 0.849. The molecule has 0 atom stereocenters. The third-order valence-corrected chi connectivity index (χ3v) is 1.57. The van der Waals surface area contributed by atoms with Crippen molar-refractivity contribution >= 4 is 5.95 Å². The van der Waals surface area contributed by atoms with Crippen molar-refractivity contribution in [3.8, 4) is 5.82 Å². The van der Waals surface area contributed by atoms with Crippen LogP contribution in [-0.4, -0.2) is 14.5 Å². The van der Waals surface area contributed by atoms with Gasteiger partial charge in [0.1, 0.15) is 5.82 Å². The molecule has 0 bridgehead atoms. The predicted molar refractivity (Wildman–Crippen MR) is 45.8 cm³/mol. The SMILES string of the molecule is Nc1nccn1-c1ccccn1. The molecule has 4 heteroatoms. The molecular formula is C8H8N4. The Hall–Kier alpha value is -1.84. The van der Waals surface area contributed by atoms with Gasteiger partial charge in [-0.25, -0.2) is 9.97 Å². The molecule has 0 saturated heterocycles. The van der Waals surface area contributed by atoms with Crippen LogP contribution >= 0.6 is 0 Å². The van der Waals surface area contributed by atoms with Gasteiger partial charge in [-0.05, 0) is 12.1 Å². The van der Waals surface area contributed by atoms with E-state index in [9.17, 15) is 0 Å². The zero-order valence-corrected chi connectivity index (χ0v) is 6.38. The highest BCUT2D eigenvalue weighted by atomic mass is 15.2. The third kappa shape index (κ3) is 1.03. The van der Waals surface area contributed by atoms with E-state index in [4.69, 9.17) is 5.73 Å². The van der Waals surface area contributed by atoms with Crippen molar-refractivity contribution in [1.82, 2.24) is 14.5 Å². The molecule has 60 valence electrons. The van der Waals surface area contributed by atoms with Crippen LogP contribution in [0.4, 0.5) is 5.95 Å². The number of imidazole rings is 1. The molecule has 0 unspecified atom stereocenters. The number of nitrogens with zero attached hydrogens (tertiary/aromatic N) is 3. The first-order valence-corrected chi connectivity index (χ1v) is 3.58. The van der Waals surface area contributed by atoms with Gasteiger partial charge < -0.3 is 5.73 Å². The van der Waals surface area contributed by atoms with Crippen LogP contribution in [0.5, 0.6) is 0 Å². The summed E-state index contributed by atoms with van der Waals surface area (Å²) in [5, 5.41) is 0. The maximum absolute atomic E-state index is 5.58. The van der Waals surface area contributed by atoms with Crippen molar-refractivity contribution in [3.05, 3.63) is 36.8 Å². The van der Waals surface area contributed by atoms with Gasteiger partial charge in [0, 0.05) is 18.6 Å². The van der Waals surface area contributed by atoms with Crippen LogP contribution in [0.25, 0.3) is 5.82 Å². The molecule has 0 saturated carbocycles. The molecule has 0 aliphatic heterocycles. The number of anilines is 1. The zero-order valence-electron chi connectivity index (χ0n) is 6.38. The van der Waals surface area contributed by atoms with Gasteiger partial charge in [0.05, 0.1) is 0 Å². The number of aromatic nitrogens is 3. The number of rotatable bonds is 1. The smallest absolute Gasteiger partial charge is 0.206 e. The van der Waals surface area contributed by atoms with Gasteiger partial charge in [0.15, 0.2) is 0 Å². The standard InChI is InChI=1S/C8H8N4/c9-8-11-5-6-12(8)7-3-1-2-4-10-7/h1-6H,(H2,9,11). The van der Waals surface area contributed by atoms with Gasteiger partial charge in [-0.1, -0.05) is 6.07 Å². The van der Waals surface area contributed by atoms with Crippen LogP contribution < -0.4 is 5.73 Å². The summed E-state index contributed by atoms with van der Waals surface area (Å²) in [7, 11) is 0. The summed E-state index contributed by atoms with van der Waals surface area (Å²) >= 11 is 0. The van der Waals surface area contributed by atoms with Crippen LogP contribution in [0, 0.1) is 0 Å². The van der Waals surface area contributed by atoms with Gasteiger partial charge in [-0.2, -0.15) is 0 Å². The third-order valence-electron chi connectivity index (χ3n) is 1.57.